The highest BCUT2D eigenvalue weighted by Gasteiger charge is 2.15. The topological polar surface area (TPSA) is 54.0 Å². The summed E-state index contributed by atoms with van der Waals surface area (Å²) in [5.41, 5.74) is -0.0534. The number of halogens is 3. The highest BCUT2D eigenvalue weighted by atomic mass is 35.5. The number of carbonyl (C=O) groups is 1. The van der Waals surface area contributed by atoms with E-state index in [4.69, 9.17) is 11.6 Å². The first-order chi connectivity index (χ1) is 10.0. The van der Waals surface area contributed by atoms with E-state index in [1.165, 1.54) is 12.1 Å². The van der Waals surface area contributed by atoms with E-state index in [-0.39, 0.29) is 22.1 Å². The van der Waals surface area contributed by atoms with Crippen LogP contribution < -0.4 is 10.6 Å². The van der Waals surface area contributed by atoms with E-state index in [0.29, 0.717) is 6.54 Å². The summed E-state index contributed by atoms with van der Waals surface area (Å²) in [5.74, 6) is -1.77. The van der Waals surface area contributed by atoms with E-state index in [9.17, 15) is 13.6 Å². The smallest absolute Gasteiger partial charge is 0.259 e. The molecular weight excluding hydrogens is 300 g/mol. The van der Waals surface area contributed by atoms with Gasteiger partial charge in [0.05, 0.1) is 17.4 Å². The van der Waals surface area contributed by atoms with Gasteiger partial charge in [0.25, 0.3) is 5.91 Å². The molecule has 0 saturated heterocycles. The fourth-order valence-corrected chi connectivity index (χ4v) is 1.86. The molecule has 0 atom stereocenters. The second-order valence-corrected chi connectivity index (χ2v) is 4.59. The summed E-state index contributed by atoms with van der Waals surface area (Å²) in [6.07, 6.45) is 0.998. The molecule has 1 heterocycles. The zero-order valence-electron chi connectivity index (χ0n) is 11.1. The van der Waals surface area contributed by atoms with Crippen molar-refractivity contribution in [2.75, 3.05) is 17.2 Å². The van der Waals surface area contributed by atoms with Crippen molar-refractivity contribution >= 4 is 29.0 Å². The van der Waals surface area contributed by atoms with Gasteiger partial charge in [-0.2, -0.15) is 0 Å². The zero-order chi connectivity index (χ0) is 15.4. The van der Waals surface area contributed by atoms with Crippen LogP contribution in [0.3, 0.4) is 0 Å². The molecule has 21 heavy (non-hydrogen) atoms. The highest BCUT2D eigenvalue weighted by Crippen LogP contribution is 2.21. The van der Waals surface area contributed by atoms with Crippen LogP contribution in [-0.4, -0.2) is 17.4 Å². The lowest BCUT2D eigenvalue weighted by atomic mass is 10.2. The number of carbonyl (C=O) groups excluding carboxylic acids is 1. The van der Waals surface area contributed by atoms with E-state index >= 15 is 0 Å². The van der Waals surface area contributed by atoms with Crippen molar-refractivity contribution in [2.45, 2.75) is 6.92 Å². The summed E-state index contributed by atoms with van der Waals surface area (Å²) < 4.78 is 26.9. The molecule has 0 aliphatic rings. The van der Waals surface area contributed by atoms with Crippen LogP contribution in [0.25, 0.3) is 0 Å². The van der Waals surface area contributed by atoms with Gasteiger partial charge in [0.2, 0.25) is 0 Å². The molecule has 4 nitrogen and oxygen atoms in total. The number of hydrogen-bond donors (Lipinski definition) is 2. The lowest BCUT2D eigenvalue weighted by Crippen LogP contribution is -2.17. The average Bonchev–Trinajstić information content (AvgIpc) is 2.44. The largest absolute Gasteiger partial charge is 0.370 e. The van der Waals surface area contributed by atoms with Crippen molar-refractivity contribution < 1.29 is 13.6 Å². The third-order valence-corrected chi connectivity index (χ3v) is 2.86. The van der Waals surface area contributed by atoms with Gasteiger partial charge in [0, 0.05) is 11.6 Å². The van der Waals surface area contributed by atoms with E-state index in [1.54, 1.807) is 0 Å². The molecule has 0 bridgehead atoms. The molecule has 0 fully saturated rings. The Morgan fingerprint density at radius 2 is 2.10 bits per heavy atom. The molecule has 2 aromatic rings. The predicted molar refractivity (Wildman–Crippen MR) is 77.7 cm³/mol. The third kappa shape index (κ3) is 3.66. The lowest BCUT2D eigenvalue weighted by Gasteiger charge is -2.11. The average molecular weight is 312 g/mol. The van der Waals surface area contributed by atoms with Crippen molar-refractivity contribution in [3.8, 4) is 0 Å². The van der Waals surface area contributed by atoms with E-state index < -0.39 is 17.5 Å². The molecule has 1 aromatic carbocycles. The van der Waals surface area contributed by atoms with Crippen LogP contribution in [0, 0.1) is 11.6 Å². The maximum atomic E-state index is 13.6. The van der Waals surface area contributed by atoms with Crippen LogP contribution in [0.4, 0.5) is 20.3 Å². The number of nitrogens with zero attached hydrogens (tertiary/aromatic N) is 1. The summed E-state index contributed by atoms with van der Waals surface area (Å²) in [4.78, 5) is 15.9. The molecule has 110 valence electrons. The minimum absolute atomic E-state index is 0.00815. The first-order valence-electron chi connectivity index (χ1n) is 6.17. The van der Waals surface area contributed by atoms with Crippen LogP contribution in [0.1, 0.15) is 17.3 Å². The molecular formula is C14H12ClF2N3O. The monoisotopic (exact) mass is 311 g/mol. The Bertz CT molecular complexity index is 679. The van der Waals surface area contributed by atoms with Crippen LogP contribution in [-0.2, 0) is 0 Å². The van der Waals surface area contributed by atoms with Gasteiger partial charge in [-0.15, -0.1) is 0 Å². The number of pyridine rings is 1. The third-order valence-electron chi connectivity index (χ3n) is 2.62. The number of anilines is 2. The van der Waals surface area contributed by atoms with Crippen molar-refractivity contribution in [3.05, 3.63) is 52.7 Å². The summed E-state index contributed by atoms with van der Waals surface area (Å²) >= 11 is 5.64. The van der Waals surface area contributed by atoms with Gasteiger partial charge in [0.1, 0.15) is 17.5 Å². The lowest BCUT2D eigenvalue weighted by molar-refractivity contribution is 0.102. The Kier molecular flexibility index (Phi) is 4.70. The summed E-state index contributed by atoms with van der Waals surface area (Å²) in [5, 5.41) is 5.41. The number of rotatable bonds is 4. The van der Waals surface area contributed by atoms with Gasteiger partial charge in [-0.05, 0) is 31.2 Å². The fraction of sp³-hybridized carbons (Fsp3) is 0.143. The normalized spacial score (nSPS) is 10.3. The zero-order valence-corrected chi connectivity index (χ0v) is 11.8. The van der Waals surface area contributed by atoms with Gasteiger partial charge < -0.3 is 10.6 Å². The Labute approximate surface area is 125 Å². The Morgan fingerprint density at radius 1 is 1.33 bits per heavy atom. The molecule has 0 radical (unpaired) electrons. The molecule has 1 amide bonds. The maximum absolute atomic E-state index is 13.6. The molecule has 0 saturated carbocycles. The highest BCUT2D eigenvalue weighted by molar-refractivity contribution is 6.30. The first-order valence-corrected chi connectivity index (χ1v) is 6.55. The fourth-order valence-electron chi connectivity index (χ4n) is 1.70. The van der Waals surface area contributed by atoms with Crippen LogP contribution in [0.5, 0.6) is 0 Å². The van der Waals surface area contributed by atoms with Gasteiger partial charge in [-0.1, -0.05) is 11.6 Å². The molecule has 0 aliphatic heterocycles. The van der Waals surface area contributed by atoms with E-state index in [0.717, 1.165) is 18.3 Å². The Balaban J connectivity index is 2.29. The minimum Gasteiger partial charge on any atom is -0.370 e. The standard InChI is InChI=1S/C14H12ClF2N3O/c1-2-18-13-10(6-9(16)7-19-13)14(21)20-12-4-3-8(15)5-11(12)17/h3-7H,2H2,1H3,(H,18,19)(H,20,21). The van der Waals surface area contributed by atoms with Crippen molar-refractivity contribution in [3.63, 3.8) is 0 Å². The molecule has 7 heteroatoms. The van der Waals surface area contributed by atoms with Crippen molar-refractivity contribution in [1.82, 2.24) is 4.98 Å². The summed E-state index contributed by atoms with van der Waals surface area (Å²) in [6.45, 7) is 2.32. The quantitative estimate of drug-likeness (QED) is 0.905. The summed E-state index contributed by atoms with van der Waals surface area (Å²) in [7, 11) is 0. The Hall–Kier alpha value is -2.21. The van der Waals surface area contributed by atoms with E-state index in [2.05, 4.69) is 15.6 Å². The number of amides is 1. The van der Waals surface area contributed by atoms with Crippen LogP contribution in [0.2, 0.25) is 5.02 Å². The maximum Gasteiger partial charge on any atom is 0.259 e. The second-order valence-electron chi connectivity index (χ2n) is 4.16. The number of benzene rings is 1. The Morgan fingerprint density at radius 3 is 2.76 bits per heavy atom. The van der Waals surface area contributed by atoms with Crippen molar-refractivity contribution in [1.29, 1.82) is 0 Å². The number of nitrogens with one attached hydrogen (secondary N) is 2. The SMILES string of the molecule is CCNc1ncc(F)cc1C(=O)Nc1ccc(Cl)cc1F. The number of aromatic nitrogens is 1. The summed E-state index contributed by atoms with van der Waals surface area (Å²) in [6, 6.07) is 4.88. The van der Waals surface area contributed by atoms with Crippen LogP contribution in [0.15, 0.2) is 30.5 Å². The number of hydrogen-bond acceptors (Lipinski definition) is 3. The van der Waals surface area contributed by atoms with E-state index in [1.807, 2.05) is 6.92 Å². The molecule has 2 rings (SSSR count). The first kappa shape index (κ1) is 15.2. The van der Waals surface area contributed by atoms with Gasteiger partial charge >= 0.3 is 0 Å². The molecule has 0 aliphatic carbocycles. The van der Waals surface area contributed by atoms with Crippen LogP contribution >= 0.6 is 11.6 Å². The minimum atomic E-state index is -0.676. The predicted octanol–water partition coefficient (Wildman–Crippen LogP) is 3.70. The second kappa shape index (κ2) is 6.49. The van der Waals surface area contributed by atoms with Gasteiger partial charge in [-0.3, -0.25) is 4.79 Å². The molecule has 0 unspecified atom stereocenters. The molecule has 0 spiro atoms. The van der Waals surface area contributed by atoms with Gasteiger partial charge in [-0.25, -0.2) is 13.8 Å². The molecule has 1 aromatic heterocycles. The van der Waals surface area contributed by atoms with Gasteiger partial charge in [0.15, 0.2) is 0 Å². The molecule has 2 N–H and O–H groups in total. The van der Waals surface area contributed by atoms with Crippen molar-refractivity contribution in [2.24, 2.45) is 0 Å².